The summed E-state index contributed by atoms with van der Waals surface area (Å²) in [4.78, 5) is 29.3. The van der Waals surface area contributed by atoms with Crippen LogP contribution in [-0.4, -0.2) is 74.1 Å². The predicted molar refractivity (Wildman–Crippen MR) is 107 cm³/mol. The van der Waals surface area contributed by atoms with Crippen LogP contribution in [0.5, 0.6) is 0 Å². The molecular weight excluding hydrogens is 362 g/mol. The van der Waals surface area contributed by atoms with Gasteiger partial charge in [0.2, 0.25) is 11.8 Å². The van der Waals surface area contributed by atoms with E-state index in [0.29, 0.717) is 25.6 Å². The number of piperidine rings is 2. The van der Waals surface area contributed by atoms with Gasteiger partial charge in [-0.2, -0.15) is 11.3 Å². The van der Waals surface area contributed by atoms with Gasteiger partial charge in [0.15, 0.2) is 0 Å². The monoisotopic (exact) mass is 393 g/mol. The minimum absolute atomic E-state index is 0.0776. The molecule has 27 heavy (non-hydrogen) atoms. The first-order chi connectivity index (χ1) is 13.2. The Bertz CT molecular complexity index is 600. The maximum absolute atomic E-state index is 12.5. The molecule has 1 aromatic rings. The van der Waals surface area contributed by atoms with Crippen LogP contribution in [0.2, 0.25) is 0 Å². The first-order valence-electron chi connectivity index (χ1n) is 9.97. The Labute approximate surface area is 165 Å². The van der Waals surface area contributed by atoms with Crippen LogP contribution in [0.15, 0.2) is 16.8 Å². The Hall–Kier alpha value is -1.44. The van der Waals surface area contributed by atoms with E-state index in [1.54, 1.807) is 18.4 Å². The summed E-state index contributed by atoms with van der Waals surface area (Å²) >= 11 is 1.64. The molecule has 1 N–H and O–H groups in total. The topological polar surface area (TPSA) is 61.9 Å². The lowest BCUT2D eigenvalue weighted by atomic mass is 9.93. The van der Waals surface area contributed by atoms with Gasteiger partial charge < -0.3 is 15.0 Å². The van der Waals surface area contributed by atoms with Gasteiger partial charge in [-0.25, -0.2) is 0 Å². The molecule has 6 nitrogen and oxygen atoms in total. The lowest BCUT2D eigenvalue weighted by molar-refractivity contribution is -0.132. The molecule has 0 aromatic carbocycles. The standard InChI is InChI=1S/C20H31N3O3S/c1-26-11-7-21-20(25)17-3-2-8-23(14-17)18-4-9-22(10-5-18)19(24)13-16-6-12-27-15-16/h6,12,15,17-18H,2-5,7-11,13-14H2,1H3,(H,21,25)/t17-/m0/s1. The number of nitrogens with zero attached hydrogens (tertiary/aromatic N) is 2. The second-order valence-electron chi connectivity index (χ2n) is 7.54. The number of rotatable bonds is 7. The van der Waals surface area contributed by atoms with Crippen LogP contribution in [0.3, 0.4) is 0 Å². The van der Waals surface area contributed by atoms with Gasteiger partial charge in [-0.05, 0) is 54.6 Å². The summed E-state index contributed by atoms with van der Waals surface area (Å²) in [5.74, 6) is 0.467. The largest absolute Gasteiger partial charge is 0.383 e. The molecule has 0 spiro atoms. The van der Waals surface area contributed by atoms with Crippen LogP contribution in [-0.2, 0) is 20.7 Å². The predicted octanol–water partition coefficient (Wildman–Crippen LogP) is 1.76. The Morgan fingerprint density at radius 2 is 2.07 bits per heavy atom. The van der Waals surface area contributed by atoms with Crippen molar-refractivity contribution >= 4 is 23.2 Å². The summed E-state index contributed by atoms with van der Waals surface area (Å²) in [5.41, 5.74) is 1.12. The van der Waals surface area contributed by atoms with Crippen molar-refractivity contribution in [2.45, 2.75) is 38.1 Å². The van der Waals surface area contributed by atoms with E-state index in [1.807, 2.05) is 16.3 Å². The molecule has 0 bridgehead atoms. The average molecular weight is 394 g/mol. The van der Waals surface area contributed by atoms with Crippen molar-refractivity contribution in [3.8, 4) is 0 Å². The van der Waals surface area contributed by atoms with E-state index < -0.39 is 0 Å². The van der Waals surface area contributed by atoms with E-state index in [2.05, 4.69) is 15.6 Å². The highest BCUT2D eigenvalue weighted by atomic mass is 32.1. The minimum Gasteiger partial charge on any atom is -0.383 e. The highest BCUT2D eigenvalue weighted by Gasteiger charge is 2.32. The molecule has 0 aliphatic carbocycles. The highest BCUT2D eigenvalue weighted by Crippen LogP contribution is 2.24. The fourth-order valence-corrected chi connectivity index (χ4v) is 4.80. The van der Waals surface area contributed by atoms with E-state index in [1.165, 1.54) is 0 Å². The Kier molecular flexibility index (Phi) is 7.67. The van der Waals surface area contributed by atoms with Gasteiger partial charge in [0.1, 0.15) is 0 Å². The zero-order valence-corrected chi connectivity index (χ0v) is 17.0. The van der Waals surface area contributed by atoms with Crippen LogP contribution < -0.4 is 5.32 Å². The fourth-order valence-electron chi connectivity index (χ4n) is 4.13. The van der Waals surface area contributed by atoms with Crippen LogP contribution in [0.1, 0.15) is 31.2 Å². The van der Waals surface area contributed by atoms with E-state index in [-0.39, 0.29) is 17.7 Å². The number of ether oxygens (including phenoxy) is 1. The number of carbonyl (C=O) groups excluding carboxylic acids is 2. The number of nitrogens with one attached hydrogen (secondary N) is 1. The third kappa shape index (κ3) is 5.77. The summed E-state index contributed by atoms with van der Waals surface area (Å²) in [6, 6.07) is 2.52. The third-order valence-corrected chi connectivity index (χ3v) is 6.43. The number of hydrogen-bond donors (Lipinski definition) is 1. The Morgan fingerprint density at radius 1 is 1.26 bits per heavy atom. The minimum atomic E-state index is 0.0776. The zero-order chi connectivity index (χ0) is 19.1. The molecule has 2 aliphatic heterocycles. The first kappa shape index (κ1) is 20.3. The number of carbonyl (C=O) groups is 2. The summed E-state index contributed by atoms with van der Waals surface area (Å²) in [5, 5.41) is 7.05. The van der Waals surface area contributed by atoms with Gasteiger partial charge >= 0.3 is 0 Å². The molecule has 3 rings (SSSR count). The van der Waals surface area contributed by atoms with Crippen LogP contribution in [0.25, 0.3) is 0 Å². The molecule has 1 aromatic heterocycles. The summed E-state index contributed by atoms with van der Waals surface area (Å²) in [6.45, 7) is 4.70. The molecule has 0 unspecified atom stereocenters. The van der Waals surface area contributed by atoms with Crippen molar-refractivity contribution in [1.29, 1.82) is 0 Å². The van der Waals surface area contributed by atoms with Crippen molar-refractivity contribution < 1.29 is 14.3 Å². The van der Waals surface area contributed by atoms with Crippen LogP contribution in [0.4, 0.5) is 0 Å². The Morgan fingerprint density at radius 3 is 2.78 bits per heavy atom. The molecule has 2 aliphatic rings. The smallest absolute Gasteiger partial charge is 0.227 e. The third-order valence-electron chi connectivity index (χ3n) is 5.70. The van der Waals surface area contributed by atoms with Crippen molar-refractivity contribution in [2.24, 2.45) is 5.92 Å². The highest BCUT2D eigenvalue weighted by molar-refractivity contribution is 7.08. The maximum atomic E-state index is 12.5. The average Bonchev–Trinajstić information content (AvgIpc) is 3.21. The quantitative estimate of drug-likeness (QED) is 0.717. The molecule has 3 heterocycles. The second-order valence-corrected chi connectivity index (χ2v) is 8.32. The lowest BCUT2D eigenvalue weighted by Gasteiger charge is -2.42. The Balaban J connectivity index is 1.43. The van der Waals surface area contributed by atoms with Crippen molar-refractivity contribution in [3.05, 3.63) is 22.4 Å². The molecule has 2 fully saturated rings. The molecule has 7 heteroatoms. The normalized spacial score (nSPS) is 22.0. The molecular formula is C20H31N3O3S. The van der Waals surface area contributed by atoms with Crippen molar-refractivity contribution in [1.82, 2.24) is 15.1 Å². The van der Waals surface area contributed by atoms with Gasteiger partial charge in [0.25, 0.3) is 0 Å². The van der Waals surface area contributed by atoms with Gasteiger partial charge in [-0.15, -0.1) is 0 Å². The molecule has 0 saturated carbocycles. The van der Waals surface area contributed by atoms with E-state index >= 15 is 0 Å². The number of amides is 2. The van der Waals surface area contributed by atoms with Gasteiger partial charge in [-0.1, -0.05) is 0 Å². The molecule has 2 amide bonds. The number of hydrogen-bond acceptors (Lipinski definition) is 5. The van der Waals surface area contributed by atoms with Crippen LogP contribution >= 0.6 is 11.3 Å². The van der Waals surface area contributed by atoms with E-state index in [9.17, 15) is 9.59 Å². The summed E-state index contributed by atoms with van der Waals surface area (Å²) in [7, 11) is 1.64. The SMILES string of the molecule is COCCNC(=O)[C@H]1CCCN(C2CCN(C(=O)Cc3ccsc3)CC2)C1. The fraction of sp³-hybridized carbons (Fsp3) is 0.700. The number of thiophene rings is 1. The zero-order valence-electron chi connectivity index (χ0n) is 16.2. The summed E-state index contributed by atoms with van der Waals surface area (Å²) in [6.07, 6.45) is 4.56. The second kappa shape index (κ2) is 10.2. The van der Waals surface area contributed by atoms with Crippen molar-refractivity contribution in [2.75, 3.05) is 46.4 Å². The number of likely N-dealkylation sites (tertiary alicyclic amines) is 2. The maximum Gasteiger partial charge on any atom is 0.227 e. The molecule has 2 saturated heterocycles. The molecule has 1 atom stereocenters. The lowest BCUT2D eigenvalue weighted by Crippen LogP contribution is -2.51. The summed E-state index contributed by atoms with van der Waals surface area (Å²) < 4.78 is 5.00. The van der Waals surface area contributed by atoms with Gasteiger partial charge in [0, 0.05) is 39.3 Å². The number of methoxy groups -OCH3 is 1. The van der Waals surface area contributed by atoms with E-state index in [0.717, 1.165) is 57.4 Å². The molecule has 0 radical (unpaired) electrons. The van der Waals surface area contributed by atoms with Crippen molar-refractivity contribution in [3.63, 3.8) is 0 Å². The molecule has 150 valence electrons. The van der Waals surface area contributed by atoms with E-state index in [4.69, 9.17) is 4.74 Å². The van der Waals surface area contributed by atoms with Gasteiger partial charge in [0.05, 0.1) is 18.9 Å². The first-order valence-corrected chi connectivity index (χ1v) is 10.9. The van der Waals surface area contributed by atoms with Crippen LogP contribution in [0, 0.1) is 5.92 Å². The van der Waals surface area contributed by atoms with Gasteiger partial charge in [-0.3, -0.25) is 14.5 Å².